The number of esters is 1. The van der Waals surface area contributed by atoms with Crippen molar-refractivity contribution in [1.29, 1.82) is 0 Å². The molecule has 2 rings (SSSR count). The first-order valence-electron chi connectivity index (χ1n) is 7.84. The van der Waals surface area contributed by atoms with E-state index >= 15 is 0 Å². The Kier molecular flexibility index (Phi) is 5.29. The number of rotatable bonds is 4. The minimum atomic E-state index is -3.46. The van der Waals surface area contributed by atoms with Crippen LogP contribution in [0, 0.1) is 5.92 Å². The molecule has 0 spiro atoms. The molecule has 0 aromatic heterocycles. The molecular weight excluding hydrogens is 304 g/mol. The number of ether oxygens (including phenoxy) is 1. The summed E-state index contributed by atoms with van der Waals surface area (Å²) in [5.41, 5.74) is -0.525. The second-order valence-corrected chi connectivity index (χ2v) is 8.67. The van der Waals surface area contributed by atoms with Gasteiger partial charge in [-0.05, 0) is 46.5 Å². The summed E-state index contributed by atoms with van der Waals surface area (Å²) in [5.74, 6) is -0.558. The maximum absolute atomic E-state index is 12.3. The maximum Gasteiger partial charge on any atom is 0.309 e. The first kappa shape index (κ1) is 17.4. The summed E-state index contributed by atoms with van der Waals surface area (Å²) in [4.78, 5) is 12.1. The van der Waals surface area contributed by atoms with Crippen molar-refractivity contribution in [1.82, 2.24) is 9.03 Å². The molecule has 1 N–H and O–H groups in total. The van der Waals surface area contributed by atoms with Crippen molar-refractivity contribution in [3.63, 3.8) is 0 Å². The average Bonchev–Trinajstić information content (AvgIpc) is 2.91. The molecule has 22 heavy (non-hydrogen) atoms. The van der Waals surface area contributed by atoms with E-state index in [4.69, 9.17) is 4.74 Å². The normalized spacial score (nSPS) is 27.0. The monoisotopic (exact) mass is 330 g/mol. The fraction of sp³-hybridized carbons (Fsp3) is 0.800. The fourth-order valence-corrected chi connectivity index (χ4v) is 4.19. The zero-order valence-corrected chi connectivity index (χ0v) is 14.4. The van der Waals surface area contributed by atoms with Gasteiger partial charge in [0.25, 0.3) is 10.2 Å². The number of carbonyl (C=O) groups excluding carboxylic acids is 1. The lowest BCUT2D eigenvalue weighted by Gasteiger charge is -2.28. The van der Waals surface area contributed by atoms with Crippen LogP contribution in [0.15, 0.2) is 12.2 Å². The maximum atomic E-state index is 12.3. The van der Waals surface area contributed by atoms with Gasteiger partial charge in [0.2, 0.25) is 0 Å². The van der Waals surface area contributed by atoms with Gasteiger partial charge in [0, 0.05) is 19.1 Å². The third-order valence-electron chi connectivity index (χ3n) is 3.77. The number of hydrogen-bond acceptors (Lipinski definition) is 4. The molecule has 126 valence electrons. The number of carbonyl (C=O) groups is 1. The predicted molar refractivity (Wildman–Crippen MR) is 84.4 cm³/mol. The Morgan fingerprint density at radius 1 is 1.27 bits per heavy atom. The number of hydrogen-bond donors (Lipinski definition) is 1. The summed E-state index contributed by atoms with van der Waals surface area (Å²) in [7, 11) is -3.46. The number of allylic oxidation sites excluding steroid dienone is 1. The zero-order chi connectivity index (χ0) is 16.4. The molecular formula is C15H26N2O4S. The quantitative estimate of drug-likeness (QED) is 0.627. The molecule has 0 saturated carbocycles. The van der Waals surface area contributed by atoms with E-state index in [0.29, 0.717) is 25.9 Å². The Hall–Kier alpha value is -0.920. The zero-order valence-electron chi connectivity index (χ0n) is 13.5. The molecule has 1 saturated heterocycles. The van der Waals surface area contributed by atoms with Crippen molar-refractivity contribution < 1.29 is 17.9 Å². The van der Waals surface area contributed by atoms with Crippen molar-refractivity contribution in [2.24, 2.45) is 5.92 Å². The summed E-state index contributed by atoms with van der Waals surface area (Å²) in [5, 5.41) is 0. The van der Waals surface area contributed by atoms with Crippen molar-refractivity contribution in [3.8, 4) is 0 Å². The first-order chi connectivity index (χ1) is 10.2. The van der Waals surface area contributed by atoms with Gasteiger partial charge in [0.05, 0.1) is 5.92 Å². The van der Waals surface area contributed by atoms with E-state index in [9.17, 15) is 13.2 Å². The second kappa shape index (κ2) is 6.68. The lowest BCUT2D eigenvalue weighted by atomic mass is 9.91. The van der Waals surface area contributed by atoms with Gasteiger partial charge in [0.15, 0.2) is 0 Å². The van der Waals surface area contributed by atoms with Crippen LogP contribution in [-0.4, -0.2) is 43.4 Å². The van der Waals surface area contributed by atoms with E-state index < -0.39 is 15.8 Å². The molecule has 1 fully saturated rings. The van der Waals surface area contributed by atoms with Gasteiger partial charge in [-0.15, -0.1) is 0 Å². The number of nitrogens with zero attached hydrogens (tertiary/aromatic N) is 1. The lowest BCUT2D eigenvalue weighted by molar-refractivity contribution is -0.160. The van der Waals surface area contributed by atoms with Crippen molar-refractivity contribution in [2.75, 3.05) is 13.1 Å². The van der Waals surface area contributed by atoms with Gasteiger partial charge in [-0.2, -0.15) is 17.4 Å². The summed E-state index contributed by atoms with van der Waals surface area (Å²) < 4.78 is 34.1. The van der Waals surface area contributed by atoms with Crippen LogP contribution in [0.3, 0.4) is 0 Å². The molecule has 6 nitrogen and oxygen atoms in total. The molecule has 7 heteroatoms. The summed E-state index contributed by atoms with van der Waals surface area (Å²) in [6.45, 7) is 6.63. The van der Waals surface area contributed by atoms with Crippen LogP contribution in [0.5, 0.6) is 0 Å². The Balaban J connectivity index is 1.95. The highest BCUT2D eigenvalue weighted by Crippen LogP contribution is 2.24. The minimum Gasteiger partial charge on any atom is -0.460 e. The molecule has 0 radical (unpaired) electrons. The van der Waals surface area contributed by atoms with E-state index in [-0.39, 0.29) is 17.9 Å². The highest BCUT2D eigenvalue weighted by atomic mass is 32.2. The van der Waals surface area contributed by atoms with Crippen LogP contribution >= 0.6 is 0 Å². The van der Waals surface area contributed by atoms with Gasteiger partial charge in [-0.25, -0.2) is 0 Å². The smallest absolute Gasteiger partial charge is 0.309 e. The number of nitrogens with one attached hydrogen (secondary N) is 1. The molecule has 1 aliphatic heterocycles. The predicted octanol–water partition coefficient (Wildman–Crippen LogP) is 1.59. The first-order valence-corrected chi connectivity index (χ1v) is 9.28. The SMILES string of the molecule is CC(C)(C)OC(=O)[C@@H]1CC=C[C@H](NS(=O)(=O)N2CCCC2)C1. The van der Waals surface area contributed by atoms with Crippen molar-refractivity contribution in [3.05, 3.63) is 12.2 Å². The fourth-order valence-electron chi connectivity index (χ4n) is 2.75. The van der Waals surface area contributed by atoms with Crippen LogP contribution in [0.2, 0.25) is 0 Å². The molecule has 0 unspecified atom stereocenters. The lowest BCUT2D eigenvalue weighted by Crippen LogP contribution is -2.45. The van der Waals surface area contributed by atoms with Gasteiger partial charge < -0.3 is 4.74 Å². The Morgan fingerprint density at radius 2 is 1.91 bits per heavy atom. The molecule has 0 aromatic carbocycles. The third-order valence-corrected chi connectivity index (χ3v) is 5.42. The molecule has 1 aliphatic carbocycles. The summed E-state index contributed by atoms with van der Waals surface area (Å²) in [6.07, 6.45) is 6.53. The Morgan fingerprint density at radius 3 is 2.50 bits per heavy atom. The highest BCUT2D eigenvalue weighted by molar-refractivity contribution is 7.87. The van der Waals surface area contributed by atoms with Gasteiger partial charge in [0.1, 0.15) is 5.60 Å². The van der Waals surface area contributed by atoms with E-state index in [2.05, 4.69) is 4.72 Å². The van der Waals surface area contributed by atoms with Gasteiger partial charge >= 0.3 is 5.97 Å². The molecule has 0 bridgehead atoms. The van der Waals surface area contributed by atoms with Crippen LogP contribution in [-0.2, 0) is 19.7 Å². The largest absolute Gasteiger partial charge is 0.460 e. The van der Waals surface area contributed by atoms with E-state index in [1.54, 1.807) is 0 Å². The minimum absolute atomic E-state index is 0.262. The van der Waals surface area contributed by atoms with Crippen LogP contribution in [0.4, 0.5) is 0 Å². The Bertz CT molecular complexity index is 530. The van der Waals surface area contributed by atoms with E-state index in [1.807, 2.05) is 32.9 Å². The molecule has 0 aromatic rings. The van der Waals surface area contributed by atoms with E-state index in [1.165, 1.54) is 4.31 Å². The Labute approximate surface area is 133 Å². The topological polar surface area (TPSA) is 75.7 Å². The summed E-state index contributed by atoms with van der Waals surface area (Å²) in [6, 6.07) is -0.350. The van der Waals surface area contributed by atoms with Gasteiger partial charge in [-0.3, -0.25) is 4.79 Å². The molecule has 0 amide bonds. The van der Waals surface area contributed by atoms with Crippen molar-refractivity contribution >= 4 is 16.2 Å². The second-order valence-electron chi connectivity index (χ2n) is 6.97. The van der Waals surface area contributed by atoms with Crippen LogP contribution in [0.1, 0.15) is 46.5 Å². The van der Waals surface area contributed by atoms with Crippen molar-refractivity contribution in [2.45, 2.75) is 58.1 Å². The van der Waals surface area contributed by atoms with E-state index in [0.717, 1.165) is 12.8 Å². The van der Waals surface area contributed by atoms with Gasteiger partial charge in [-0.1, -0.05) is 12.2 Å². The third kappa shape index (κ3) is 4.79. The highest BCUT2D eigenvalue weighted by Gasteiger charge is 2.32. The van der Waals surface area contributed by atoms with Crippen LogP contribution < -0.4 is 4.72 Å². The summed E-state index contributed by atoms with van der Waals surface area (Å²) >= 11 is 0. The molecule has 1 heterocycles. The average molecular weight is 330 g/mol. The standard InChI is InChI=1S/C15H26N2O4S/c1-15(2,3)21-14(18)12-7-6-8-13(11-12)16-22(19,20)17-9-4-5-10-17/h6,8,12-13,16H,4-5,7,9-11H2,1-3H3/t12-,13+/m1/s1. The molecule has 2 atom stereocenters. The van der Waals surface area contributed by atoms with Crippen LogP contribution in [0.25, 0.3) is 0 Å². The molecule has 2 aliphatic rings.